The molecule has 1 amide bonds. The third kappa shape index (κ3) is 5.64. The molecule has 0 saturated carbocycles. The molecule has 172 valence electrons. The van der Waals surface area contributed by atoms with E-state index in [4.69, 9.17) is 9.47 Å². The van der Waals surface area contributed by atoms with Crippen LogP contribution < -0.4 is 19.5 Å². The summed E-state index contributed by atoms with van der Waals surface area (Å²) in [5.74, 6) is 0.880. The van der Waals surface area contributed by atoms with Crippen molar-refractivity contribution in [2.45, 2.75) is 38.2 Å². The molecule has 2 aromatic rings. The fourth-order valence-corrected chi connectivity index (χ4v) is 4.09. The molecule has 1 atom stereocenters. The number of nitrogens with one attached hydrogen (secondary N) is 1. The van der Waals surface area contributed by atoms with Crippen molar-refractivity contribution in [3.05, 3.63) is 53.6 Å². The van der Waals surface area contributed by atoms with Gasteiger partial charge < -0.3 is 19.5 Å². The first-order valence-corrected chi connectivity index (χ1v) is 10.6. The molecule has 0 unspecified atom stereocenters. The number of para-hydroxylation sites is 1. The lowest BCUT2D eigenvalue weighted by atomic mass is 10.0. The third-order valence-corrected chi connectivity index (χ3v) is 5.54. The number of ether oxygens (including phenoxy) is 3. The molecular formula is C23H25F3N2O4. The number of alkyl halides is 3. The van der Waals surface area contributed by atoms with Gasteiger partial charge in [-0.15, -0.1) is 13.2 Å². The number of rotatable bonds is 6. The summed E-state index contributed by atoms with van der Waals surface area (Å²) in [5, 5.41) is 2.71. The molecule has 1 fully saturated rings. The largest absolute Gasteiger partial charge is 0.573 e. The van der Waals surface area contributed by atoms with E-state index in [1.807, 2.05) is 18.2 Å². The number of fused-ring (bicyclic) bond motifs is 1. The molecule has 0 spiro atoms. The summed E-state index contributed by atoms with van der Waals surface area (Å²) in [5.41, 5.74) is 1.32. The molecule has 2 aliphatic heterocycles. The molecule has 6 nitrogen and oxygen atoms in total. The normalized spacial score (nSPS) is 18.8. The fourth-order valence-electron chi connectivity index (χ4n) is 4.09. The molecule has 9 heteroatoms. The minimum Gasteiger partial charge on any atom is -0.490 e. The average Bonchev–Trinajstić information content (AvgIpc) is 3.07. The SMILES string of the molecule is O=C(CN1CCC[C@H]1c1ccc2c(c1)OCCCO2)NCc1ccccc1OC(F)(F)F. The Morgan fingerprint density at radius 1 is 1.09 bits per heavy atom. The standard InChI is InChI=1S/C23H25F3N2O4/c24-23(25,26)32-19-7-2-1-5-17(19)14-27-22(29)15-28-10-3-6-18(28)16-8-9-20-21(13-16)31-12-4-11-30-20/h1-2,5,7-9,13,18H,3-4,6,10-12,14-15H2,(H,27,29)/t18-/m0/s1. The molecule has 0 aromatic heterocycles. The van der Waals surface area contributed by atoms with Crippen molar-refractivity contribution in [1.82, 2.24) is 10.2 Å². The van der Waals surface area contributed by atoms with E-state index in [-0.39, 0.29) is 36.4 Å². The molecule has 32 heavy (non-hydrogen) atoms. The summed E-state index contributed by atoms with van der Waals surface area (Å²) < 4.78 is 53.3. The van der Waals surface area contributed by atoms with Crippen molar-refractivity contribution in [3.63, 3.8) is 0 Å². The highest BCUT2D eigenvalue weighted by Crippen LogP contribution is 2.37. The van der Waals surface area contributed by atoms with Crippen LogP contribution in [0, 0.1) is 0 Å². The molecular weight excluding hydrogens is 425 g/mol. The minimum atomic E-state index is -4.79. The zero-order valence-corrected chi connectivity index (χ0v) is 17.5. The van der Waals surface area contributed by atoms with Gasteiger partial charge in [0.25, 0.3) is 0 Å². The number of benzene rings is 2. The van der Waals surface area contributed by atoms with Gasteiger partial charge in [0.05, 0.1) is 19.8 Å². The van der Waals surface area contributed by atoms with E-state index >= 15 is 0 Å². The van der Waals surface area contributed by atoms with E-state index in [1.165, 1.54) is 18.2 Å². The van der Waals surface area contributed by atoms with Gasteiger partial charge in [-0.05, 0) is 43.1 Å². The summed E-state index contributed by atoms with van der Waals surface area (Å²) in [6.45, 7) is 2.10. The molecule has 0 aliphatic carbocycles. The Labute approximate surface area is 184 Å². The highest BCUT2D eigenvalue weighted by atomic mass is 19.4. The maximum absolute atomic E-state index is 12.6. The average molecular weight is 450 g/mol. The smallest absolute Gasteiger partial charge is 0.490 e. The van der Waals surface area contributed by atoms with Gasteiger partial charge in [0.15, 0.2) is 11.5 Å². The van der Waals surface area contributed by atoms with Gasteiger partial charge in [-0.1, -0.05) is 24.3 Å². The van der Waals surface area contributed by atoms with Crippen molar-refractivity contribution in [2.24, 2.45) is 0 Å². The van der Waals surface area contributed by atoms with Gasteiger partial charge in [-0.2, -0.15) is 0 Å². The van der Waals surface area contributed by atoms with Gasteiger partial charge >= 0.3 is 6.36 Å². The Kier molecular flexibility index (Phi) is 6.74. The summed E-state index contributed by atoms with van der Waals surface area (Å²) >= 11 is 0. The predicted molar refractivity (Wildman–Crippen MR) is 111 cm³/mol. The highest BCUT2D eigenvalue weighted by molar-refractivity contribution is 5.78. The van der Waals surface area contributed by atoms with Gasteiger partial charge in [0, 0.05) is 24.6 Å². The number of likely N-dealkylation sites (tertiary alicyclic amines) is 1. The summed E-state index contributed by atoms with van der Waals surface area (Å²) in [6, 6.07) is 11.7. The van der Waals surface area contributed by atoms with Gasteiger partial charge in [-0.3, -0.25) is 9.69 Å². The summed E-state index contributed by atoms with van der Waals surface area (Å²) in [4.78, 5) is 14.6. The lowest BCUT2D eigenvalue weighted by Crippen LogP contribution is -2.36. The zero-order chi connectivity index (χ0) is 22.6. The summed E-state index contributed by atoms with van der Waals surface area (Å²) in [6.07, 6.45) is -2.09. The highest BCUT2D eigenvalue weighted by Gasteiger charge is 2.32. The first-order chi connectivity index (χ1) is 15.4. The van der Waals surface area contributed by atoms with E-state index in [9.17, 15) is 18.0 Å². The van der Waals surface area contributed by atoms with Crippen molar-refractivity contribution in [2.75, 3.05) is 26.3 Å². The molecule has 2 heterocycles. The minimum absolute atomic E-state index is 0.0480. The molecule has 4 rings (SSSR count). The topological polar surface area (TPSA) is 60.0 Å². The van der Waals surface area contributed by atoms with Crippen molar-refractivity contribution < 1.29 is 32.2 Å². The Bertz CT molecular complexity index is 951. The second-order valence-electron chi connectivity index (χ2n) is 7.82. The van der Waals surface area contributed by atoms with E-state index in [2.05, 4.69) is 15.0 Å². The first-order valence-electron chi connectivity index (χ1n) is 10.6. The maximum Gasteiger partial charge on any atom is 0.573 e. The second kappa shape index (κ2) is 9.68. The van der Waals surface area contributed by atoms with Crippen molar-refractivity contribution >= 4 is 5.91 Å². The number of hydrogen-bond acceptors (Lipinski definition) is 5. The van der Waals surface area contributed by atoms with Crippen LogP contribution in [0.5, 0.6) is 17.2 Å². The van der Waals surface area contributed by atoms with E-state index in [0.29, 0.717) is 13.2 Å². The lowest BCUT2D eigenvalue weighted by molar-refractivity contribution is -0.274. The van der Waals surface area contributed by atoms with E-state index < -0.39 is 6.36 Å². The second-order valence-corrected chi connectivity index (χ2v) is 7.82. The predicted octanol–water partition coefficient (Wildman–Crippen LogP) is 4.20. The van der Waals surface area contributed by atoms with Crippen molar-refractivity contribution in [1.29, 1.82) is 0 Å². The molecule has 2 aliphatic rings. The maximum atomic E-state index is 12.6. The zero-order valence-electron chi connectivity index (χ0n) is 17.5. The Morgan fingerprint density at radius 2 is 1.88 bits per heavy atom. The Morgan fingerprint density at radius 3 is 2.69 bits per heavy atom. The number of carbonyl (C=O) groups is 1. The molecule has 0 bridgehead atoms. The van der Waals surface area contributed by atoms with E-state index in [1.54, 1.807) is 6.07 Å². The van der Waals surface area contributed by atoms with Crippen molar-refractivity contribution in [3.8, 4) is 17.2 Å². The van der Waals surface area contributed by atoms with Crippen LogP contribution in [0.15, 0.2) is 42.5 Å². The lowest BCUT2D eigenvalue weighted by Gasteiger charge is -2.25. The summed E-state index contributed by atoms with van der Waals surface area (Å²) in [7, 11) is 0. The number of halogens is 3. The quantitative estimate of drug-likeness (QED) is 0.715. The molecule has 0 radical (unpaired) electrons. The number of hydrogen-bond donors (Lipinski definition) is 1. The molecule has 1 N–H and O–H groups in total. The third-order valence-electron chi connectivity index (χ3n) is 5.54. The van der Waals surface area contributed by atoms with Crippen LogP contribution >= 0.6 is 0 Å². The van der Waals surface area contributed by atoms with Crippen LogP contribution in [-0.2, 0) is 11.3 Å². The van der Waals surface area contributed by atoms with Crippen LogP contribution in [0.25, 0.3) is 0 Å². The van der Waals surface area contributed by atoms with E-state index in [0.717, 1.165) is 42.9 Å². The van der Waals surface area contributed by atoms with Crippen LogP contribution in [0.1, 0.15) is 36.4 Å². The van der Waals surface area contributed by atoms with Crippen LogP contribution in [0.4, 0.5) is 13.2 Å². The van der Waals surface area contributed by atoms with Gasteiger partial charge in [0.1, 0.15) is 5.75 Å². The molecule has 1 saturated heterocycles. The van der Waals surface area contributed by atoms with Gasteiger partial charge in [0.2, 0.25) is 5.91 Å². The number of nitrogens with zero attached hydrogens (tertiary/aromatic N) is 1. The monoisotopic (exact) mass is 450 g/mol. The van der Waals surface area contributed by atoms with Crippen LogP contribution in [0.3, 0.4) is 0 Å². The Balaban J connectivity index is 1.37. The first kappa shape index (κ1) is 22.3. The van der Waals surface area contributed by atoms with Crippen LogP contribution in [0.2, 0.25) is 0 Å². The van der Waals surface area contributed by atoms with Gasteiger partial charge in [-0.25, -0.2) is 0 Å². The Hall–Kier alpha value is -2.94. The molecule has 2 aromatic carbocycles. The number of carbonyl (C=O) groups excluding carboxylic acids is 1. The van der Waals surface area contributed by atoms with Crippen LogP contribution in [-0.4, -0.2) is 43.5 Å². The number of amides is 1. The fraction of sp³-hybridized carbons (Fsp3) is 0.435.